The molecule has 2 fully saturated rings. The highest BCUT2D eigenvalue weighted by molar-refractivity contribution is 7.89. The molecular weight excluding hydrogens is 356 g/mol. The molecule has 0 saturated carbocycles. The molecule has 3 rings (SSSR count). The molecule has 1 aromatic rings. The Bertz CT molecular complexity index is 725. The average Bonchev–Trinajstić information content (AvgIpc) is 2.69. The smallest absolute Gasteiger partial charge is 0.254 e. The van der Waals surface area contributed by atoms with Crippen LogP contribution >= 0.6 is 0 Å². The standard InChI is InChI=1S/C18H26N2O5S/c1-19(14-16-6-2-3-10-25-16)26(22,23)17-7-4-5-15(13-17)18(21)20-8-11-24-12-9-20/h4-5,7,13,16H,2-3,6,8-12,14H2,1H3. The Morgan fingerprint density at radius 2 is 2.00 bits per heavy atom. The number of hydrogen-bond donors (Lipinski definition) is 0. The summed E-state index contributed by atoms with van der Waals surface area (Å²) in [6.45, 7) is 3.07. The summed E-state index contributed by atoms with van der Waals surface area (Å²) in [5, 5.41) is 0. The Morgan fingerprint density at radius 3 is 2.69 bits per heavy atom. The molecule has 1 aromatic carbocycles. The summed E-state index contributed by atoms with van der Waals surface area (Å²) in [4.78, 5) is 14.4. The van der Waals surface area contributed by atoms with Gasteiger partial charge >= 0.3 is 0 Å². The summed E-state index contributed by atoms with van der Waals surface area (Å²) in [5.74, 6) is -0.163. The number of hydrogen-bond acceptors (Lipinski definition) is 5. The Balaban J connectivity index is 1.73. The lowest BCUT2D eigenvalue weighted by molar-refractivity contribution is 0.00858. The molecule has 0 bridgehead atoms. The summed E-state index contributed by atoms with van der Waals surface area (Å²) in [5.41, 5.74) is 0.385. The van der Waals surface area contributed by atoms with Gasteiger partial charge < -0.3 is 14.4 Å². The minimum atomic E-state index is -3.67. The maximum Gasteiger partial charge on any atom is 0.254 e. The summed E-state index contributed by atoms with van der Waals surface area (Å²) in [7, 11) is -2.11. The number of likely N-dealkylation sites (N-methyl/N-ethyl adjacent to an activating group) is 1. The third-order valence-corrected chi connectivity index (χ3v) is 6.64. The summed E-state index contributed by atoms with van der Waals surface area (Å²) >= 11 is 0. The highest BCUT2D eigenvalue weighted by Gasteiger charge is 2.27. The monoisotopic (exact) mass is 382 g/mol. The summed E-state index contributed by atoms with van der Waals surface area (Å²) < 4.78 is 38.0. The van der Waals surface area contributed by atoms with Crippen molar-refractivity contribution in [1.29, 1.82) is 0 Å². The second kappa shape index (κ2) is 8.47. The number of morpholine rings is 1. The molecule has 0 N–H and O–H groups in total. The van der Waals surface area contributed by atoms with Crippen molar-refractivity contribution in [2.24, 2.45) is 0 Å². The number of benzene rings is 1. The number of carbonyl (C=O) groups excluding carboxylic acids is 1. The van der Waals surface area contributed by atoms with Crippen molar-refractivity contribution in [3.8, 4) is 0 Å². The number of nitrogens with zero attached hydrogens (tertiary/aromatic N) is 2. The predicted molar refractivity (Wildman–Crippen MR) is 96.6 cm³/mol. The van der Waals surface area contributed by atoms with Crippen LogP contribution in [-0.4, -0.2) is 76.1 Å². The number of rotatable bonds is 5. The van der Waals surface area contributed by atoms with Crippen molar-refractivity contribution < 1.29 is 22.7 Å². The van der Waals surface area contributed by atoms with Crippen LogP contribution < -0.4 is 0 Å². The van der Waals surface area contributed by atoms with E-state index in [2.05, 4.69) is 0 Å². The van der Waals surface area contributed by atoms with Crippen molar-refractivity contribution in [2.45, 2.75) is 30.3 Å². The lowest BCUT2D eigenvalue weighted by Gasteiger charge is -2.28. The lowest BCUT2D eigenvalue weighted by atomic mass is 10.1. The third kappa shape index (κ3) is 4.43. The molecule has 1 amide bonds. The maximum atomic E-state index is 12.9. The van der Waals surface area contributed by atoms with Crippen molar-refractivity contribution in [1.82, 2.24) is 9.21 Å². The van der Waals surface area contributed by atoms with Crippen molar-refractivity contribution in [3.63, 3.8) is 0 Å². The van der Waals surface area contributed by atoms with E-state index in [9.17, 15) is 13.2 Å². The minimum absolute atomic E-state index is 0.0679. The van der Waals surface area contributed by atoms with E-state index in [0.29, 0.717) is 45.0 Å². The van der Waals surface area contributed by atoms with Gasteiger partial charge in [-0.25, -0.2) is 8.42 Å². The van der Waals surface area contributed by atoms with E-state index in [-0.39, 0.29) is 16.9 Å². The van der Waals surface area contributed by atoms with E-state index >= 15 is 0 Å². The molecule has 7 nitrogen and oxygen atoms in total. The Labute approximate surface area is 154 Å². The minimum Gasteiger partial charge on any atom is -0.378 e. The van der Waals surface area contributed by atoms with E-state index in [1.54, 1.807) is 24.1 Å². The highest BCUT2D eigenvalue weighted by atomic mass is 32.2. The van der Waals surface area contributed by atoms with E-state index in [4.69, 9.17) is 9.47 Å². The van der Waals surface area contributed by atoms with Gasteiger partial charge in [0.25, 0.3) is 5.91 Å². The Hall–Kier alpha value is -1.48. The molecule has 2 heterocycles. The summed E-state index contributed by atoms with van der Waals surface area (Å²) in [6, 6.07) is 6.27. The van der Waals surface area contributed by atoms with Crippen LogP contribution in [0.5, 0.6) is 0 Å². The Kier molecular flexibility index (Phi) is 6.29. The maximum absolute atomic E-state index is 12.9. The molecule has 1 atom stereocenters. The van der Waals surface area contributed by atoms with Gasteiger partial charge in [0, 0.05) is 38.9 Å². The first-order chi connectivity index (χ1) is 12.5. The fourth-order valence-electron chi connectivity index (χ4n) is 3.25. The van der Waals surface area contributed by atoms with Crippen LogP contribution in [0.4, 0.5) is 0 Å². The molecule has 2 aliphatic rings. The van der Waals surface area contributed by atoms with E-state index in [1.807, 2.05) is 0 Å². The molecule has 144 valence electrons. The molecule has 1 unspecified atom stereocenters. The second-order valence-electron chi connectivity index (χ2n) is 6.71. The van der Waals surface area contributed by atoms with E-state index in [1.165, 1.54) is 16.4 Å². The molecule has 2 aliphatic heterocycles. The van der Waals surface area contributed by atoms with E-state index in [0.717, 1.165) is 19.3 Å². The zero-order chi connectivity index (χ0) is 18.6. The van der Waals surface area contributed by atoms with Gasteiger partial charge in [-0.2, -0.15) is 4.31 Å². The van der Waals surface area contributed by atoms with E-state index < -0.39 is 10.0 Å². The average molecular weight is 382 g/mol. The van der Waals surface area contributed by atoms with Gasteiger partial charge in [-0.1, -0.05) is 6.07 Å². The highest BCUT2D eigenvalue weighted by Crippen LogP contribution is 2.20. The molecule has 0 spiro atoms. The first-order valence-electron chi connectivity index (χ1n) is 9.03. The Morgan fingerprint density at radius 1 is 1.23 bits per heavy atom. The zero-order valence-corrected chi connectivity index (χ0v) is 15.9. The quantitative estimate of drug-likeness (QED) is 0.768. The van der Waals surface area contributed by atoms with Gasteiger partial charge in [-0.05, 0) is 37.5 Å². The van der Waals surface area contributed by atoms with Gasteiger partial charge in [0.05, 0.1) is 24.2 Å². The van der Waals surface area contributed by atoms with Gasteiger partial charge in [0.15, 0.2) is 0 Å². The van der Waals surface area contributed by atoms with Gasteiger partial charge in [-0.3, -0.25) is 4.79 Å². The fourth-order valence-corrected chi connectivity index (χ4v) is 4.50. The summed E-state index contributed by atoms with van der Waals surface area (Å²) in [6.07, 6.45) is 2.89. The van der Waals surface area contributed by atoms with Gasteiger partial charge in [0.1, 0.15) is 0 Å². The van der Waals surface area contributed by atoms with Crippen molar-refractivity contribution >= 4 is 15.9 Å². The molecule has 0 radical (unpaired) electrons. The molecule has 2 saturated heterocycles. The van der Waals surface area contributed by atoms with Crippen LogP contribution in [0.25, 0.3) is 0 Å². The molecule has 0 aromatic heterocycles. The molecule has 0 aliphatic carbocycles. The van der Waals surface area contributed by atoms with Crippen LogP contribution in [0.1, 0.15) is 29.6 Å². The van der Waals surface area contributed by atoms with Crippen LogP contribution in [0, 0.1) is 0 Å². The number of ether oxygens (including phenoxy) is 2. The first kappa shape index (κ1) is 19.3. The first-order valence-corrected chi connectivity index (χ1v) is 10.5. The van der Waals surface area contributed by atoms with Crippen LogP contribution in [-0.2, 0) is 19.5 Å². The second-order valence-corrected chi connectivity index (χ2v) is 8.75. The third-order valence-electron chi connectivity index (χ3n) is 4.82. The molecular formula is C18H26N2O5S. The number of sulfonamides is 1. The molecule has 26 heavy (non-hydrogen) atoms. The fraction of sp³-hybridized carbons (Fsp3) is 0.611. The topological polar surface area (TPSA) is 76.2 Å². The van der Waals surface area contributed by atoms with Gasteiger partial charge in [-0.15, -0.1) is 0 Å². The number of amides is 1. The SMILES string of the molecule is CN(CC1CCCCO1)S(=O)(=O)c1cccc(C(=O)N2CCOCC2)c1. The number of carbonyl (C=O) groups is 1. The molecule has 8 heteroatoms. The lowest BCUT2D eigenvalue weighted by Crippen LogP contribution is -2.40. The predicted octanol–water partition coefficient (Wildman–Crippen LogP) is 1.35. The van der Waals surface area contributed by atoms with Crippen LogP contribution in [0.3, 0.4) is 0 Å². The van der Waals surface area contributed by atoms with Crippen molar-refractivity contribution in [3.05, 3.63) is 29.8 Å². The van der Waals surface area contributed by atoms with Crippen LogP contribution in [0.15, 0.2) is 29.2 Å². The normalized spacial score (nSPS) is 21.8. The van der Waals surface area contributed by atoms with Crippen LogP contribution in [0.2, 0.25) is 0 Å². The largest absolute Gasteiger partial charge is 0.378 e. The zero-order valence-electron chi connectivity index (χ0n) is 15.1. The van der Waals surface area contributed by atoms with Gasteiger partial charge in [0.2, 0.25) is 10.0 Å². The van der Waals surface area contributed by atoms with Crippen molar-refractivity contribution in [2.75, 3.05) is 46.5 Å².